The molecule has 20 heavy (non-hydrogen) atoms. The minimum absolute atomic E-state index is 0.0505. The highest BCUT2D eigenvalue weighted by Crippen LogP contribution is 2.19. The van der Waals surface area contributed by atoms with E-state index < -0.39 is 12.0 Å². The van der Waals surface area contributed by atoms with Gasteiger partial charge in [-0.25, -0.2) is 9.78 Å². The topological polar surface area (TPSA) is 115 Å². The third kappa shape index (κ3) is 2.40. The highest BCUT2D eigenvalue weighted by atomic mass is 16.5. The van der Waals surface area contributed by atoms with E-state index in [1.165, 1.54) is 26.4 Å². The molecule has 0 aromatic carbocycles. The number of nitrogens with two attached hydrogens (primary N) is 1. The Balaban J connectivity index is 2.21. The Kier molecular flexibility index (Phi) is 3.55. The van der Waals surface area contributed by atoms with Gasteiger partial charge in [0.05, 0.1) is 31.0 Å². The van der Waals surface area contributed by atoms with Gasteiger partial charge in [0.15, 0.2) is 0 Å². The summed E-state index contributed by atoms with van der Waals surface area (Å²) in [7, 11) is 2.66. The molecule has 3 N–H and O–H groups in total. The Bertz CT molecular complexity index is 587. The van der Waals surface area contributed by atoms with Crippen molar-refractivity contribution in [2.75, 3.05) is 25.2 Å². The molecule has 1 saturated heterocycles. The monoisotopic (exact) mass is 278 g/mol. The number of pyridine rings is 1. The quantitative estimate of drug-likeness (QED) is 0.572. The predicted octanol–water partition coefficient (Wildman–Crippen LogP) is -0.380. The molecule has 2 amide bonds. The number of amides is 2. The Morgan fingerprint density at radius 1 is 1.55 bits per heavy atom. The Morgan fingerprint density at radius 3 is 2.80 bits per heavy atom. The van der Waals surface area contributed by atoms with Crippen molar-refractivity contribution >= 4 is 29.3 Å². The molecule has 2 heterocycles. The molecule has 0 saturated carbocycles. The molecular weight excluding hydrogens is 264 g/mol. The maximum Gasteiger partial charge on any atom is 0.340 e. The first-order valence-electron chi connectivity index (χ1n) is 5.84. The summed E-state index contributed by atoms with van der Waals surface area (Å²) in [4.78, 5) is 39.7. The molecule has 0 radical (unpaired) electrons. The van der Waals surface area contributed by atoms with Crippen molar-refractivity contribution in [1.29, 1.82) is 0 Å². The molecule has 0 spiro atoms. The van der Waals surface area contributed by atoms with Gasteiger partial charge in [-0.3, -0.25) is 14.5 Å². The van der Waals surface area contributed by atoms with Gasteiger partial charge >= 0.3 is 5.97 Å². The van der Waals surface area contributed by atoms with E-state index in [1.54, 1.807) is 0 Å². The zero-order valence-corrected chi connectivity index (χ0v) is 11.0. The summed E-state index contributed by atoms with van der Waals surface area (Å²) in [5.74, 6) is -0.927. The standard InChI is InChI=1S/C12H14N4O4/c1-16-10(17)4-8(11(16)18)15-9-3-6(12(19)20-2)7(13)5-14-9/h3,5,8H,4,13H2,1-2H3,(H,14,15). The molecule has 8 nitrogen and oxygen atoms in total. The van der Waals surface area contributed by atoms with E-state index >= 15 is 0 Å². The minimum Gasteiger partial charge on any atom is -0.465 e. The summed E-state index contributed by atoms with van der Waals surface area (Å²) >= 11 is 0. The van der Waals surface area contributed by atoms with Crippen molar-refractivity contribution in [3.05, 3.63) is 17.8 Å². The second-order valence-electron chi connectivity index (χ2n) is 4.34. The normalized spacial score (nSPS) is 18.3. The molecule has 0 aliphatic carbocycles. The summed E-state index contributed by atoms with van der Waals surface area (Å²) < 4.78 is 4.59. The fourth-order valence-corrected chi connectivity index (χ4v) is 1.88. The van der Waals surface area contributed by atoms with Gasteiger partial charge in [-0.1, -0.05) is 0 Å². The molecule has 1 aliphatic rings. The Labute approximate surface area is 114 Å². The first kappa shape index (κ1) is 13.8. The van der Waals surface area contributed by atoms with Gasteiger partial charge in [0, 0.05) is 7.05 Å². The third-order valence-electron chi connectivity index (χ3n) is 3.04. The van der Waals surface area contributed by atoms with Crippen LogP contribution in [0.3, 0.4) is 0 Å². The van der Waals surface area contributed by atoms with Gasteiger partial charge in [-0.05, 0) is 6.07 Å². The highest BCUT2D eigenvalue weighted by Gasteiger charge is 2.36. The number of rotatable bonds is 3. The highest BCUT2D eigenvalue weighted by molar-refractivity contribution is 6.06. The molecule has 1 aromatic heterocycles. The number of nitrogen functional groups attached to an aromatic ring is 1. The number of imide groups is 1. The summed E-state index contributed by atoms with van der Waals surface area (Å²) in [6.45, 7) is 0. The van der Waals surface area contributed by atoms with E-state index in [1.807, 2.05) is 0 Å². The summed E-state index contributed by atoms with van der Waals surface area (Å²) in [6.07, 6.45) is 1.34. The number of aromatic nitrogens is 1. The maximum absolute atomic E-state index is 11.8. The summed E-state index contributed by atoms with van der Waals surface area (Å²) in [5.41, 5.74) is 5.95. The first-order chi connectivity index (χ1) is 9.43. The molecule has 106 valence electrons. The van der Waals surface area contributed by atoms with Crippen LogP contribution >= 0.6 is 0 Å². The number of carbonyl (C=O) groups is 3. The number of esters is 1. The van der Waals surface area contributed by atoms with Crippen LogP contribution in [0.25, 0.3) is 0 Å². The lowest BCUT2D eigenvalue weighted by Crippen LogP contribution is -2.32. The van der Waals surface area contributed by atoms with Gasteiger partial charge in [0.25, 0.3) is 5.91 Å². The van der Waals surface area contributed by atoms with E-state index in [4.69, 9.17) is 5.73 Å². The number of ether oxygens (including phenoxy) is 1. The number of methoxy groups -OCH3 is 1. The number of nitrogens with one attached hydrogen (secondary N) is 1. The number of anilines is 2. The predicted molar refractivity (Wildman–Crippen MR) is 69.8 cm³/mol. The molecular formula is C12H14N4O4. The van der Waals surface area contributed by atoms with Gasteiger partial charge in [-0.2, -0.15) is 0 Å². The molecule has 0 bridgehead atoms. The SMILES string of the molecule is COC(=O)c1cc(NC2CC(=O)N(C)C2=O)ncc1N. The van der Waals surface area contributed by atoms with Crippen LogP contribution < -0.4 is 11.1 Å². The Morgan fingerprint density at radius 2 is 2.25 bits per heavy atom. The van der Waals surface area contributed by atoms with E-state index in [0.717, 1.165) is 4.90 Å². The minimum atomic E-state index is -0.686. The number of carbonyl (C=O) groups excluding carboxylic acids is 3. The molecule has 2 rings (SSSR count). The summed E-state index contributed by atoms with van der Waals surface area (Å²) in [6, 6.07) is 0.700. The molecule has 1 aliphatic heterocycles. The van der Waals surface area contributed by atoms with Crippen molar-refractivity contribution in [2.45, 2.75) is 12.5 Å². The smallest absolute Gasteiger partial charge is 0.340 e. The van der Waals surface area contributed by atoms with Crippen LogP contribution in [-0.2, 0) is 14.3 Å². The van der Waals surface area contributed by atoms with Crippen molar-refractivity contribution in [1.82, 2.24) is 9.88 Å². The molecule has 8 heteroatoms. The van der Waals surface area contributed by atoms with E-state index in [2.05, 4.69) is 15.0 Å². The Hall–Kier alpha value is -2.64. The first-order valence-corrected chi connectivity index (χ1v) is 5.84. The number of hydrogen-bond acceptors (Lipinski definition) is 7. The maximum atomic E-state index is 11.8. The second-order valence-corrected chi connectivity index (χ2v) is 4.34. The van der Waals surface area contributed by atoms with E-state index in [0.29, 0.717) is 0 Å². The van der Waals surface area contributed by atoms with Crippen LogP contribution in [0.1, 0.15) is 16.8 Å². The van der Waals surface area contributed by atoms with Gasteiger partial charge < -0.3 is 15.8 Å². The second kappa shape index (κ2) is 5.16. The van der Waals surface area contributed by atoms with Crippen LogP contribution in [0.4, 0.5) is 11.5 Å². The lowest BCUT2D eigenvalue weighted by molar-refractivity contribution is -0.136. The fourth-order valence-electron chi connectivity index (χ4n) is 1.88. The van der Waals surface area contributed by atoms with Crippen LogP contribution in [0.5, 0.6) is 0 Å². The average molecular weight is 278 g/mol. The largest absolute Gasteiger partial charge is 0.465 e. The van der Waals surface area contributed by atoms with Crippen LogP contribution in [0.2, 0.25) is 0 Å². The molecule has 1 aromatic rings. The number of likely N-dealkylation sites (N-methyl/N-ethyl adjacent to an activating group) is 1. The third-order valence-corrected chi connectivity index (χ3v) is 3.04. The van der Waals surface area contributed by atoms with E-state index in [9.17, 15) is 14.4 Å². The molecule has 1 fully saturated rings. The zero-order chi connectivity index (χ0) is 14.9. The lowest BCUT2D eigenvalue weighted by atomic mass is 10.2. The van der Waals surface area contributed by atoms with Crippen LogP contribution in [0, 0.1) is 0 Å². The van der Waals surface area contributed by atoms with Gasteiger partial charge in [0.2, 0.25) is 5.91 Å². The number of hydrogen-bond donors (Lipinski definition) is 2. The van der Waals surface area contributed by atoms with Gasteiger partial charge in [0.1, 0.15) is 11.9 Å². The number of nitrogens with zero attached hydrogens (tertiary/aromatic N) is 2. The lowest BCUT2D eigenvalue weighted by Gasteiger charge is -2.12. The van der Waals surface area contributed by atoms with Crippen molar-refractivity contribution in [3.8, 4) is 0 Å². The summed E-state index contributed by atoms with van der Waals surface area (Å²) in [5, 5.41) is 2.81. The van der Waals surface area contributed by atoms with Crippen molar-refractivity contribution < 1.29 is 19.1 Å². The van der Waals surface area contributed by atoms with E-state index in [-0.39, 0.29) is 35.3 Å². The van der Waals surface area contributed by atoms with Gasteiger partial charge in [-0.15, -0.1) is 0 Å². The van der Waals surface area contributed by atoms with Crippen molar-refractivity contribution in [3.63, 3.8) is 0 Å². The molecule has 1 unspecified atom stereocenters. The fraction of sp³-hybridized carbons (Fsp3) is 0.333. The average Bonchev–Trinajstić information content (AvgIpc) is 2.67. The van der Waals surface area contributed by atoms with Crippen LogP contribution in [0.15, 0.2) is 12.3 Å². The molecule has 1 atom stereocenters. The zero-order valence-electron chi connectivity index (χ0n) is 11.0. The number of likely N-dealkylation sites (tertiary alicyclic amines) is 1. The van der Waals surface area contributed by atoms with Crippen molar-refractivity contribution in [2.24, 2.45) is 0 Å². The van der Waals surface area contributed by atoms with Crippen LogP contribution in [-0.4, -0.2) is 47.9 Å².